The Morgan fingerprint density at radius 3 is 2.62 bits per heavy atom. The minimum atomic E-state index is -0.0742. The Labute approximate surface area is 125 Å². The lowest BCUT2D eigenvalue weighted by molar-refractivity contribution is 0.0842. The van der Waals surface area contributed by atoms with Gasteiger partial charge in [0.15, 0.2) is 0 Å². The monoisotopic (exact) mass is 281 g/mol. The van der Waals surface area contributed by atoms with Crippen molar-refractivity contribution in [1.82, 2.24) is 9.55 Å². The molecule has 2 aromatic rings. The highest BCUT2D eigenvalue weighted by atomic mass is 16.2. The maximum absolute atomic E-state index is 12.1. The molecule has 1 aromatic carbocycles. The molecule has 0 radical (unpaired) electrons. The summed E-state index contributed by atoms with van der Waals surface area (Å²) in [6.07, 6.45) is 7.13. The highest BCUT2D eigenvalue weighted by Crippen LogP contribution is 2.27. The van der Waals surface area contributed by atoms with Crippen LogP contribution < -0.4 is 0 Å². The molecule has 0 aliphatic rings. The molecule has 0 bridgehead atoms. The van der Waals surface area contributed by atoms with E-state index < -0.39 is 0 Å². The van der Waals surface area contributed by atoms with Crippen LogP contribution in [0.3, 0.4) is 0 Å². The van der Waals surface area contributed by atoms with Crippen LogP contribution in [0.1, 0.15) is 42.6 Å². The number of imidazole rings is 1. The van der Waals surface area contributed by atoms with Crippen molar-refractivity contribution in [2.75, 3.05) is 0 Å². The Morgan fingerprint density at radius 2 is 2.05 bits per heavy atom. The Morgan fingerprint density at radius 1 is 1.33 bits per heavy atom. The summed E-state index contributed by atoms with van der Waals surface area (Å²) in [6.45, 7) is 4.21. The fraction of sp³-hybridized carbons (Fsp3) is 0.353. The highest BCUT2D eigenvalue weighted by Gasteiger charge is 2.22. The second-order valence-electron chi connectivity index (χ2n) is 6.01. The first-order valence-corrected chi connectivity index (χ1v) is 7.00. The van der Waals surface area contributed by atoms with E-state index in [2.05, 4.69) is 24.9 Å². The van der Waals surface area contributed by atoms with E-state index in [-0.39, 0.29) is 11.3 Å². The Balaban J connectivity index is 1.91. The van der Waals surface area contributed by atoms with E-state index in [1.807, 2.05) is 24.3 Å². The van der Waals surface area contributed by atoms with Gasteiger partial charge in [-0.25, -0.2) is 4.98 Å². The third kappa shape index (κ3) is 4.28. The minimum absolute atomic E-state index is 0.0670. The maximum atomic E-state index is 12.1. The Kier molecular flexibility index (Phi) is 4.54. The quantitative estimate of drug-likeness (QED) is 0.843. The smallest absolute Gasteiger partial charge is 0.232 e. The molecule has 0 aliphatic carbocycles. The van der Waals surface area contributed by atoms with Crippen LogP contribution >= 0.6 is 0 Å². The Bertz CT molecular complexity index is 634. The molecule has 4 nitrogen and oxygen atoms in total. The summed E-state index contributed by atoms with van der Waals surface area (Å²) in [5.74, 6) is 0.0670. The second-order valence-corrected chi connectivity index (χ2v) is 6.01. The highest BCUT2D eigenvalue weighted by molar-refractivity contribution is 5.79. The van der Waals surface area contributed by atoms with Crippen molar-refractivity contribution in [1.29, 1.82) is 5.26 Å². The number of rotatable bonds is 5. The third-order valence-corrected chi connectivity index (χ3v) is 3.60. The molecule has 0 spiro atoms. The van der Waals surface area contributed by atoms with Crippen LogP contribution in [0.15, 0.2) is 43.0 Å². The van der Waals surface area contributed by atoms with Gasteiger partial charge in [-0.05, 0) is 36.0 Å². The van der Waals surface area contributed by atoms with E-state index in [0.29, 0.717) is 12.0 Å². The van der Waals surface area contributed by atoms with Gasteiger partial charge in [-0.3, -0.25) is 9.36 Å². The molecule has 0 aliphatic heterocycles. The number of benzene rings is 1. The average molecular weight is 281 g/mol. The summed E-state index contributed by atoms with van der Waals surface area (Å²) in [5, 5.41) is 8.78. The standard InChI is InChI=1S/C17H19N3O/c1-17(2,11-16(21)20-10-9-19-13-20)8-7-14-3-5-15(12-18)6-4-14/h3-6,9-10,13H,7-8,11H2,1-2H3. The summed E-state index contributed by atoms with van der Waals surface area (Å²) in [6, 6.07) is 9.74. The predicted octanol–water partition coefficient (Wildman–Crippen LogP) is 3.44. The van der Waals surface area contributed by atoms with Gasteiger partial charge < -0.3 is 0 Å². The second kappa shape index (κ2) is 6.36. The van der Waals surface area contributed by atoms with Gasteiger partial charge in [0.05, 0.1) is 11.6 Å². The normalized spacial score (nSPS) is 11.1. The molecule has 0 amide bonds. The molecular formula is C17H19N3O. The number of carbonyl (C=O) groups is 1. The zero-order chi connectivity index (χ0) is 15.3. The van der Waals surface area contributed by atoms with E-state index in [0.717, 1.165) is 12.8 Å². The number of nitrogens with zero attached hydrogens (tertiary/aromatic N) is 3. The van der Waals surface area contributed by atoms with Crippen LogP contribution in [0.4, 0.5) is 0 Å². The van der Waals surface area contributed by atoms with Crippen LogP contribution in [0.5, 0.6) is 0 Å². The van der Waals surface area contributed by atoms with Crippen molar-refractivity contribution in [2.24, 2.45) is 5.41 Å². The number of aromatic nitrogens is 2. The van der Waals surface area contributed by atoms with Gasteiger partial charge >= 0.3 is 0 Å². The third-order valence-electron chi connectivity index (χ3n) is 3.60. The zero-order valence-corrected chi connectivity index (χ0v) is 12.4. The van der Waals surface area contributed by atoms with Crippen LogP contribution in [-0.4, -0.2) is 15.5 Å². The van der Waals surface area contributed by atoms with E-state index in [1.54, 1.807) is 18.7 Å². The van der Waals surface area contributed by atoms with Crippen LogP contribution in [0.25, 0.3) is 0 Å². The van der Waals surface area contributed by atoms with Crippen molar-refractivity contribution >= 4 is 5.91 Å². The maximum Gasteiger partial charge on any atom is 0.232 e. The van der Waals surface area contributed by atoms with Gasteiger partial charge in [0.25, 0.3) is 0 Å². The predicted molar refractivity (Wildman–Crippen MR) is 80.7 cm³/mol. The molecule has 1 aromatic heterocycles. The number of aryl methyl sites for hydroxylation is 1. The summed E-state index contributed by atoms with van der Waals surface area (Å²) in [4.78, 5) is 16.0. The molecular weight excluding hydrogens is 262 g/mol. The van der Waals surface area contributed by atoms with Gasteiger partial charge in [0.1, 0.15) is 6.33 Å². The molecule has 0 atom stereocenters. The van der Waals surface area contributed by atoms with Crippen molar-refractivity contribution in [2.45, 2.75) is 33.1 Å². The number of carbonyl (C=O) groups excluding carboxylic acids is 1. The van der Waals surface area contributed by atoms with Crippen LogP contribution in [-0.2, 0) is 6.42 Å². The zero-order valence-electron chi connectivity index (χ0n) is 12.4. The molecule has 21 heavy (non-hydrogen) atoms. The fourth-order valence-electron chi connectivity index (χ4n) is 2.22. The summed E-state index contributed by atoms with van der Waals surface area (Å²) in [7, 11) is 0. The summed E-state index contributed by atoms with van der Waals surface area (Å²) >= 11 is 0. The van der Waals surface area contributed by atoms with E-state index >= 15 is 0 Å². The van der Waals surface area contributed by atoms with Crippen LogP contribution in [0.2, 0.25) is 0 Å². The van der Waals surface area contributed by atoms with Gasteiger partial charge in [-0.15, -0.1) is 0 Å². The molecule has 0 saturated carbocycles. The van der Waals surface area contributed by atoms with Crippen LogP contribution in [0, 0.1) is 16.7 Å². The molecule has 0 fully saturated rings. The van der Waals surface area contributed by atoms with Crippen molar-refractivity contribution in [3.8, 4) is 6.07 Å². The minimum Gasteiger partial charge on any atom is -0.276 e. The number of hydrogen-bond acceptors (Lipinski definition) is 3. The fourth-order valence-corrected chi connectivity index (χ4v) is 2.22. The average Bonchev–Trinajstić information content (AvgIpc) is 3.00. The molecule has 1 heterocycles. The topological polar surface area (TPSA) is 58.7 Å². The van der Waals surface area contributed by atoms with E-state index in [9.17, 15) is 4.79 Å². The first-order valence-electron chi connectivity index (χ1n) is 7.00. The first-order chi connectivity index (χ1) is 10.00. The van der Waals surface area contributed by atoms with Gasteiger partial charge in [-0.1, -0.05) is 26.0 Å². The first kappa shape index (κ1) is 15.0. The van der Waals surface area contributed by atoms with Crippen molar-refractivity contribution in [3.63, 3.8) is 0 Å². The summed E-state index contributed by atoms with van der Waals surface area (Å²) < 4.78 is 1.53. The number of hydrogen-bond donors (Lipinski definition) is 0. The van der Waals surface area contributed by atoms with Gasteiger partial charge in [-0.2, -0.15) is 5.26 Å². The van der Waals surface area contributed by atoms with Gasteiger partial charge in [0.2, 0.25) is 5.91 Å². The summed E-state index contributed by atoms with van der Waals surface area (Å²) in [5.41, 5.74) is 1.79. The molecule has 108 valence electrons. The number of nitriles is 1. The Hall–Kier alpha value is -2.41. The molecule has 2 rings (SSSR count). The van der Waals surface area contributed by atoms with Crippen molar-refractivity contribution in [3.05, 3.63) is 54.1 Å². The molecule has 4 heteroatoms. The molecule has 0 unspecified atom stereocenters. The van der Waals surface area contributed by atoms with E-state index in [1.165, 1.54) is 10.1 Å². The largest absolute Gasteiger partial charge is 0.276 e. The molecule has 0 N–H and O–H groups in total. The lowest BCUT2D eigenvalue weighted by atomic mass is 9.83. The van der Waals surface area contributed by atoms with Gasteiger partial charge in [0, 0.05) is 18.8 Å². The lowest BCUT2D eigenvalue weighted by Gasteiger charge is -2.23. The van der Waals surface area contributed by atoms with E-state index in [4.69, 9.17) is 5.26 Å². The molecule has 0 saturated heterocycles. The van der Waals surface area contributed by atoms with Crippen molar-refractivity contribution < 1.29 is 4.79 Å². The lowest BCUT2D eigenvalue weighted by Crippen LogP contribution is -2.21. The SMILES string of the molecule is CC(C)(CCc1ccc(C#N)cc1)CC(=O)n1ccnc1.